The van der Waals surface area contributed by atoms with Crippen LogP contribution in [0.2, 0.25) is 5.02 Å². The van der Waals surface area contributed by atoms with E-state index < -0.39 is 5.97 Å². The smallest absolute Gasteiger partial charge is 0.384 e. The Bertz CT molecular complexity index is 524. The molecule has 0 bridgehead atoms. The highest BCUT2D eigenvalue weighted by atomic mass is 35.5. The molecule has 82 valence electrons. The number of rotatable bonds is 2. The number of carbonyl (C=O) groups excluding carboxylic acids is 1. The highest BCUT2D eigenvalue weighted by Gasteiger charge is 2.18. The zero-order valence-electron chi connectivity index (χ0n) is 8.01. The van der Waals surface area contributed by atoms with Crippen LogP contribution >= 0.6 is 11.6 Å². The van der Waals surface area contributed by atoms with Crippen molar-refractivity contribution in [1.29, 1.82) is 0 Å². The molecule has 0 spiro atoms. The zero-order valence-corrected chi connectivity index (χ0v) is 8.77. The molecule has 2 rings (SSSR count). The Labute approximate surface area is 95.7 Å². The maximum absolute atomic E-state index is 11.6. The van der Waals surface area contributed by atoms with Crippen LogP contribution in [0.25, 0.3) is 0 Å². The fourth-order valence-electron chi connectivity index (χ4n) is 1.08. The summed E-state index contributed by atoms with van der Waals surface area (Å²) >= 11 is 5.81. The molecule has 0 saturated carbocycles. The van der Waals surface area contributed by atoms with Gasteiger partial charge in [-0.1, -0.05) is 28.9 Å². The first-order valence-corrected chi connectivity index (χ1v) is 4.73. The lowest BCUT2D eigenvalue weighted by molar-refractivity contribution is 0.0693. The van der Waals surface area contributed by atoms with Gasteiger partial charge < -0.3 is 15.0 Å². The molecule has 2 aromatic rings. The standard InChI is InChI=1S/C10H7ClN2O3/c11-6-3-1-2-4-8(6)15-10(14)9-7(12)5-13-16-9/h1-5H,12H2. The quantitative estimate of drug-likeness (QED) is 0.641. The summed E-state index contributed by atoms with van der Waals surface area (Å²) in [6.45, 7) is 0. The largest absolute Gasteiger partial charge is 0.419 e. The number of esters is 1. The molecule has 0 fully saturated rings. The van der Waals surface area contributed by atoms with Crippen molar-refractivity contribution >= 4 is 23.3 Å². The predicted molar refractivity (Wildman–Crippen MR) is 57.3 cm³/mol. The van der Waals surface area contributed by atoms with Gasteiger partial charge in [-0.3, -0.25) is 0 Å². The predicted octanol–water partition coefficient (Wildman–Crippen LogP) is 2.13. The van der Waals surface area contributed by atoms with E-state index in [1.54, 1.807) is 24.3 Å². The van der Waals surface area contributed by atoms with Crippen LogP contribution in [0.5, 0.6) is 5.75 Å². The van der Waals surface area contributed by atoms with Crippen molar-refractivity contribution in [3.05, 3.63) is 41.2 Å². The number of carbonyl (C=O) groups is 1. The van der Waals surface area contributed by atoms with Gasteiger partial charge in [-0.15, -0.1) is 0 Å². The number of halogens is 1. The third kappa shape index (κ3) is 1.99. The molecule has 5 nitrogen and oxygen atoms in total. The Morgan fingerprint density at radius 2 is 2.19 bits per heavy atom. The van der Waals surface area contributed by atoms with Crippen molar-refractivity contribution in [2.75, 3.05) is 5.73 Å². The highest BCUT2D eigenvalue weighted by molar-refractivity contribution is 6.32. The summed E-state index contributed by atoms with van der Waals surface area (Å²) in [6.07, 6.45) is 1.23. The topological polar surface area (TPSA) is 78.4 Å². The van der Waals surface area contributed by atoms with Crippen LogP contribution in [0.15, 0.2) is 35.0 Å². The highest BCUT2D eigenvalue weighted by Crippen LogP contribution is 2.24. The van der Waals surface area contributed by atoms with Crippen LogP contribution in [0.3, 0.4) is 0 Å². The fourth-order valence-corrected chi connectivity index (χ4v) is 1.25. The number of hydrogen-bond donors (Lipinski definition) is 1. The summed E-state index contributed by atoms with van der Waals surface area (Å²) in [5.74, 6) is -0.631. The second kappa shape index (κ2) is 4.24. The number of hydrogen-bond acceptors (Lipinski definition) is 5. The number of nitrogens with zero attached hydrogens (tertiary/aromatic N) is 1. The molecule has 0 atom stereocenters. The summed E-state index contributed by atoms with van der Waals surface area (Å²) in [5, 5.41) is 3.70. The maximum Gasteiger partial charge on any atom is 0.384 e. The van der Waals surface area contributed by atoms with Crippen LogP contribution in [0, 0.1) is 0 Å². The maximum atomic E-state index is 11.6. The monoisotopic (exact) mass is 238 g/mol. The van der Waals surface area contributed by atoms with E-state index in [4.69, 9.17) is 22.1 Å². The Balaban J connectivity index is 2.21. The van der Waals surface area contributed by atoms with Crippen molar-refractivity contribution < 1.29 is 14.1 Å². The molecule has 0 saturated heterocycles. The fraction of sp³-hybridized carbons (Fsp3) is 0. The number of para-hydroxylation sites is 1. The van der Waals surface area contributed by atoms with Gasteiger partial charge in [0.25, 0.3) is 5.76 Å². The Kier molecular flexibility index (Phi) is 2.78. The molecule has 16 heavy (non-hydrogen) atoms. The number of benzene rings is 1. The summed E-state index contributed by atoms with van der Waals surface area (Å²) < 4.78 is 9.63. The first-order valence-electron chi connectivity index (χ1n) is 4.35. The molecule has 0 unspecified atom stereocenters. The molecule has 2 N–H and O–H groups in total. The summed E-state index contributed by atoms with van der Waals surface area (Å²) in [6, 6.07) is 6.58. The molecule has 0 aliphatic carbocycles. The van der Waals surface area contributed by atoms with Crippen LogP contribution in [-0.2, 0) is 0 Å². The molecule has 0 aliphatic heterocycles. The van der Waals surface area contributed by atoms with Crippen LogP contribution in [0.1, 0.15) is 10.6 Å². The Hall–Kier alpha value is -2.01. The SMILES string of the molecule is Nc1cnoc1C(=O)Oc1ccccc1Cl. The van der Waals surface area contributed by atoms with E-state index in [0.29, 0.717) is 5.02 Å². The zero-order chi connectivity index (χ0) is 11.5. The lowest BCUT2D eigenvalue weighted by Crippen LogP contribution is -2.09. The molecule has 1 aromatic carbocycles. The summed E-state index contributed by atoms with van der Waals surface area (Å²) in [5.41, 5.74) is 5.57. The Morgan fingerprint density at radius 3 is 2.81 bits per heavy atom. The van der Waals surface area contributed by atoms with E-state index in [1.165, 1.54) is 6.20 Å². The first kappa shape index (κ1) is 10.5. The number of anilines is 1. The first-order chi connectivity index (χ1) is 7.68. The molecule has 6 heteroatoms. The van der Waals surface area contributed by atoms with Crippen molar-refractivity contribution in [3.63, 3.8) is 0 Å². The third-order valence-corrected chi connectivity index (χ3v) is 2.13. The molecule has 1 heterocycles. The second-order valence-corrected chi connectivity index (χ2v) is 3.34. The summed E-state index contributed by atoms with van der Waals surface area (Å²) in [4.78, 5) is 11.6. The van der Waals surface area contributed by atoms with E-state index in [9.17, 15) is 4.79 Å². The average Bonchev–Trinajstić information content (AvgIpc) is 2.68. The van der Waals surface area contributed by atoms with Gasteiger partial charge in [0.1, 0.15) is 11.4 Å². The lowest BCUT2D eigenvalue weighted by atomic mass is 10.3. The van der Waals surface area contributed by atoms with Crippen molar-refractivity contribution in [1.82, 2.24) is 5.16 Å². The second-order valence-electron chi connectivity index (χ2n) is 2.93. The van der Waals surface area contributed by atoms with Crippen LogP contribution < -0.4 is 10.5 Å². The number of aromatic nitrogens is 1. The minimum atomic E-state index is -0.733. The molecular weight excluding hydrogens is 232 g/mol. The number of nitrogens with two attached hydrogens (primary N) is 1. The molecule has 0 radical (unpaired) electrons. The van der Waals surface area contributed by atoms with E-state index >= 15 is 0 Å². The Morgan fingerprint density at radius 1 is 1.44 bits per heavy atom. The molecule has 0 aliphatic rings. The molecule has 1 aromatic heterocycles. The normalized spacial score (nSPS) is 10.1. The lowest BCUT2D eigenvalue weighted by Gasteiger charge is -2.03. The molecule has 0 amide bonds. The van der Waals surface area contributed by atoms with E-state index in [0.717, 1.165) is 0 Å². The molecular formula is C10H7ClN2O3. The van der Waals surface area contributed by atoms with Gasteiger partial charge in [-0.05, 0) is 12.1 Å². The van der Waals surface area contributed by atoms with E-state index in [1.807, 2.05) is 0 Å². The van der Waals surface area contributed by atoms with Crippen molar-refractivity contribution in [2.45, 2.75) is 0 Å². The minimum absolute atomic E-state index is 0.122. The number of ether oxygens (including phenoxy) is 1. The minimum Gasteiger partial charge on any atom is -0.419 e. The third-order valence-electron chi connectivity index (χ3n) is 1.82. The van der Waals surface area contributed by atoms with Gasteiger partial charge in [0.05, 0.1) is 11.2 Å². The van der Waals surface area contributed by atoms with Crippen molar-refractivity contribution in [2.24, 2.45) is 0 Å². The summed E-state index contributed by atoms with van der Waals surface area (Å²) in [7, 11) is 0. The number of nitrogen functional groups attached to an aromatic ring is 1. The van der Waals surface area contributed by atoms with E-state index in [2.05, 4.69) is 9.68 Å². The van der Waals surface area contributed by atoms with Gasteiger partial charge in [-0.2, -0.15) is 0 Å². The van der Waals surface area contributed by atoms with Gasteiger partial charge in [-0.25, -0.2) is 4.79 Å². The average molecular weight is 239 g/mol. The van der Waals surface area contributed by atoms with Crippen molar-refractivity contribution in [3.8, 4) is 5.75 Å². The van der Waals surface area contributed by atoms with Gasteiger partial charge in [0.15, 0.2) is 0 Å². The van der Waals surface area contributed by atoms with Gasteiger partial charge in [0, 0.05) is 0 Å². The van der Waals surface area contributed by atoms with Gasteiger partial charge >= 0.3 is 5.97 Å². The van der Waals surface area contributed by atoms with Crippen LogP contribution in [0.4, 0.5) is 5.69 Å². The van der Waals surface area contributed by atoms with Crippen LogP contribution in [-0.4, -0.2) is 11.1 Å². The van der Waals surface area contributed by atoms with Gasteiger partial charge in [0.2, 0.25) is 0 Å². The van der Waals surface area contributed by atoms with E-state index in [-0.39, 0.29) is 17.2 Å².